The van der Waals surface area contributed by atoms with E-state index in [1.165, 1.54) is 11.1 Å². The molecular formula is C23H27N3O2S. The van der Waals surface area contributed by atoms with Crippen molar-refractivity contribution in [3.63, 3.8) is 0 Å². The second-order valence-corrected chi connectivity index (χ2v) is 8.67. The Morgan fingerprint density at radius 1 is 1.24 bits per heavy atom. The molecule has 0 N–H and O–H groups in total. The van der Waals surface area contributed by atoms with Crippen molar-refractivity contribution < 1.29 is 9.53 Å². The van der Waals surface area contributed by atoms with E-state index in [1.54, 1.807) is 23.3 Å². The van der Waals surface area contributed by atoms with Crippen LogP contribution in [0.15, 0.2) is 48.5 Å². The zero-order valence-electron chi connectivity index (χ0n) is 17.0. The molecule has 1 aliphatic heterocycles. The fraction of sp³-hybridized carbons (Fsp3) is 0.391. The van der Waals surface area contributed by atoms with Crippen LogP contribution in [0.25, 0.3) is 10.2 Å². The van der Waals surface area contributed by atoms with Crippen molar-refractivity contribution in [2.45, 2.75) is 31.8 Å². The number of methoxy groups -OCH3 is 1. The molecule has 1 unspecified atom stereocenters. The largest absolute Gasteiger partial charge is 0.497 e. The van der Waals surface area contributed by atoms with Gasteiger partial charge in [-0.3, -0.25) is 9.69 Å². The molecule has 2 aromatic carbocycles. The number of carbonyl (C=O) groups is 1. The number of benzene rings is 2. The molecule has 0 bridgehead atoms. The summed E-state index contributed by atoms with van der Waals surface area (Å²) in [5.74, 6) is 0.955. The lowest BCUT2D eigenvalue weighted by atomic mass is 10.0. The molecule has 152 valence electrons. The van der Waals surface area contributed by atoms with Crippen LogP contribution < -0.4 is 4.74 Å². The van der Waals surface area contributed by atoms with Gasteiger partial charge in [-0.15, -0.1) is 11.3 Å². The highest BCUT2D eigenvalue weighted by Gasteiger charge is 2.29. The number of piperidine rings is 1. The zero-order chi connectivity index (χ0) is 20.2. The second kappa shape index (κ2) is 8.93. The summed E-state index contributed by atoms with van der Waals surface area (Å²) in [6, 6.07) is 16.4. The normalized spacial score (nSPS) is 17.4. The summed E-state index contributed by atoms with van der Waals surface area (Å²) in [5.41, 5.74) is 2.13. The average molecular weight is 410 g/mol. The lowest BCUT2D eigenvalue weighted by molar-refractivity contribution is -0.132. The minimum Gasteiger partial charge on any atom is -0.497 e. The molecule has 4 rings (SSSR count). The summed E-state index contributed by atoms with van der Waals surface area (Å²) in [5, 5.41) is 1.13. The molecule has 1 aromatic heterocycles. The summed E-state index contributed by atoms with van der Waals surface area (Å²) < 4.78 is 6.51. The van der Waals surface area contributed by atoms with E-state index in [4.69, 9.17) is 9.72 Å². The Morgan fingerprint density at radius 3 is 2.93 bits per heavy atom. The van der Waals surface area contributed by atoms with Crippen molar-refractivity contribution >= 4 is 27.5 Å². The van der Waals surface area contributed by atoms with Gasteiger partial charge in [-0.2, -0.15) is 0 Å². The number of thiazole rings is 1. The van der Waals surface area contributed by atoms with E-state index in [9.17, 15) is 4.79 Å². The first kappa shape index (κ1) is 19.9. The third-order valence-electron chi connectivity index (χ3n) is 5.53. The molecule has 1 saturated heterocycles. The number of fused-ring (bicyclic) bond motifs is 1. The number of hydrogen-bond donors (Lipinski definition) is 0. The van der Waals surface area contributed by atoms with Gasteiger partial charge in [-0.1, -0.05) is 30.7 Å². The van der Waals surface area contributed by atoms with Crippen LogP contribution in [0.3, 0.4) is 0 Å². The van der Waals surface area contributed by atoms with Gasteiger partial charge < -0.3 is 9.64 Å². The topological polar surface area (TPSA) is 45.7 Å². The van der Waals surface area contributed by atoms with Crippen molar-refractivity contribution in [2.24, 2.45) is 0 Å². The van der Waals surface area contributed by atoms with Gasteiger partial charge in [0.25, 0.3) is 0 Å². The third kappa shape index (κ3) is 4.60. The molecule has 6 heteroatoms. The Bertz CT molecular complexity index is 954. The standard InChI is InChI=1S/C23H27N3O2S/c1-25(15-17-8-7-9-18(14-17)28-2)22(27)16-26-13-6-5-11-20(26)23-24-19-10-3-4-12-21(19)29-23/h3-4,7-10,12,14,20H,5-6,11,13,15-16H2,1-2H3. The SMILES string of the molecule is COc1cccc(CN(C)C(=O)CN2CCCCC2c2nc3ccccc3s2)c1. The van der Waals surface area contributed by atoms with Crippen LogP contribution in [0.1, 0.15) is 35.9 Å². The van der Waals surface area contributed by atoms with Gasteiger partial charge >= 0.3 is 0 Å². The van der Waals surface area contributed by atoms with Gasteiger partial charge in [-0.05, 0) is 49.2 Å². The van der Waals surface area contributed by atoms with Crippen LogP contribution in [0, 0.1) is 0 Å². The molecular weight excluding hydrogens is 382 g/mol. The molecule has 5 nitrogen and oxygen atoms in total. The van der Waals surface area contributed by atoms with Crippen molar-refractivity contribution in [3.05, 3.63) is 59.1 Å². The van der Waals surface area contributed by atoms with Gasteiger partial charge in [-0.25, -0.2) is 4.98 Å². The molecule has 2 heterocycles. The maximum Gasteiger partial charge on any atom is 0.236 e. The minimum atomic E-state index is 0.140. The summed E-state index contributed by atoms with van der Waals surface area (Å²) in [4.78, 5) is 21.9. The number of carbonyl (C=O) groups excluding carboxylic acids is 1. The minimum absolute atomic E-state index is 0.140. The molecule has 29 heavy (non-hydrogen) atoms. The van der Waals surface area contributed by atoms with Crippen LogP contribution >= 0.6 is 11.3 Å². The monoisotopic (exact) mass is 409 g/mol. The van der Waals surface area contributed by atoms with E-state index in [0.717, 1.165) is 41.2 Å². The van der Waals surface area contributed by atoms with Gasteiger partial charge in [0.2, 0.25) is 5.91 Å². The number of amides is 1. The number of likely N-dealkylation sites (N-methyl/N-ethyl adjacent to an activating group) is 1. The van der Waals surface area contributed by atoms with Crippen molar-refractivity contribution in [1.29, 1.82) is 0 Å². The summed E-state index contributed by atoms with van der Waals surface area (Å²) in [6.45, 7) is 1.95. The molecule has 1 atom stereocenters. The van der Waals surface area contributed by atoms with Gasteiger partial charge in [0, 0.05) is 13.6 Å². The first-order valence-corrected chi connectivity index (χ1v) is 10.9. The molecule has 0 radical (unpaired) electrons. The van der Waals surface area contributed by atoms with E-state index < -0.39 is 0 Å². The Kier molecular flexibility index (Phi) is 6.11. The predicted octanol–water partition coefficient (Wildman–Crippen LogP) is 4.49. The van der Waals surface area contributed by atoms with Crippen molar-refractivity contribution in [2.75, 3.05) is 27.2 Å². The van der Waals surface area contributed by atoms with Crippen LogP contribution in [0.4, 0.5) is 0 Å². The lowest BCUT2D eigenvalue weighted by Crippen LogP contribution is -2.42. The zero-order valence-corrected chi connectivity index (χ0v) is 17.8. The fourth-order valence-corrected chi connectivity index (χ4v) is 5.06. The van der Waals surface area contributed by atoms with Gasteiger partial charge in [0.05, 0.1) is 29.9 Å². The lowest BCUT2D eigenvalue weighted by Gasteiger charge is -2.34. The molecule has 1 fully saturated rings. The highest BCUT2D eigenvalue weighted by atomic mass is 32.1. The quantitative estimate of drug-likeness (QED) is 0.602. The summed E-state index contributed by atoms with van der Waals surface area (Å²) in [7, 11) is 3.53. The maximum absolute atomic E-state index is 13.0. The number of hydrogen-bond acceptors (Lipinski definition) is 5. The van der Waals surface area contributed by atoms with Crippen molar-refractivity contribution in [1.82, 2.24) is 14.8 Å². The van der Waals surface area contributed by atoms with E-state index in [-0.39, 0.29) is 11.9 Å². The van der Waals surface area contributed by atoms with Crippen molar-refractivity contribution in [3.8, 4) is 5.75 Å². The van der Waals surface area contributed by atoms with E-state index in [2.05, 4.69) is 23.1 Å². The molecule has 3 aromatic rings. The average Bonchev–Trinajstić information content (AvgIpc) is 3.18. The number of likely N-dealkylation sites (tertiary alicyclic amines) is 1. The predicted molar refractivity (Wildman–Crippen MR) is 117 cm³/mol. The Labute approximate surface area is 175 Å². The molecule has 1 amide bonds. The number of aromatic nitrogens is 1. The van der Waals surface area contributed by atoms with E-state index in [1.807, 2.05) is 37.4 Å². The van der Waals surface area contributed by atoms with Crippen LogP contribution in [0.5, 0.6) is 5.75 Å². The molecule has 0 aliphatic carbocycles. The summed E-state index contributed by atoms with van der Waals surface area (Å²) in [6.07, 6.45) is 3.38. The number of rotatable bonds is 6. The Balaban J connectivity index is 1.45. The second-order valence-electron chi connectivity index (χ2n) is 7.60. The fourth-order valence-electron chi connectivity index (χ4n) is 3.92. The van der Waals surface area contributed by atoms with Crippen LogP contribution in [-0.4, -0.2) is 47.9 Å². The Morgan fingerprint density at radius 2 is 2.10 bits per heavy atom. The first-order valence-electron chi connectivity index (χ1n) is 10.1. The van der Waals surface area contributed by atoms with E-state index >= 15 is 0 Å². The highest BCUT2D eigenvalue weighted by molar-refractivity contribution is 7.18. The molecule has 0 spiro atoms. The summed E-state index contributed by atoms with van der Waals surface area (Å²) >= 11 is 1.76. The van der Waals surface area contributed by atoms with Gasteiger partial charge in [0.1, 0.15) is 10.8 Å². The number of nitrogens with zero attached hydrogens (tertiary/aromatic N) is 3. The number of ether oxygens (including phenoxy) is 1. The molecule has 1 aliphatic rings. The highest BCUT2D eigenvalue weighted by Crippen LogP contribution is 2.35. The Hall–Kier alpha value is -2.44. The maximum atomic E-state index is 13.0. The first-order chi connectivity index (χ1) is 14.1. The van der Waals surface area contributed by atoms with E-state index in [0.29, 0.717) is 13.1 Å². The van der Waals surface area contributed by atoms with Gasteiger partial charge in [0.15, 0.2) is 0 Å². The van der Waals surface area contributed by atoms with Crippen LogP contribution in [0.2, 0.25) is 0 Å². The number of para-hydroxylation sites is 1. The molecule has 0 saturated carbocycles. The smallest absolute Gasteiger partial charge is 0.236 e. The third-order valence-corrected chi connectivity index (χ3v) is 6.66. The van der Waals surface area contributed by atoms with Crippen LogP contribution in [-0.2, 0) is 11.3 Å².